The molecule has 0 unspecified atom stereocenters. The molecule has 2 aliphatic heterocycles. The Labute approximate surface area is 293 Å². The van der Waals surface area contributed by atoms with Crippen LogP contribution in [0.25, 0.3) is 11.2 Å². The van der Waals surface area contributed by atoms with Gasteiger partial charge in [-0.2, -0.15) is 9.97 Å². The van der Waals surface area contributed by atoms with Crippen LogP contribution in [0.3, 0.4) is 0 Å². The van der Waals surface area contributed by atoms with Gasteiger partial charge in [-0.05, 0) is 33.2 Å². The molecule has 2 aliphatic rings. The number of aromatic nitrogens is 6. The van der Waals surface area contributed by atoms with E-state index in [1.165, 1.54) is 0 Å². The number of rotatable bonds is 12. The van der Waals surface area contributed by atoms with Gasteiger partial charge < -0.3 is 39.2 Å². The van der Waals surface area contributed by atoms with E-state index in [9.17, 15) is 9.59 Å². The highest BCUT2D eigenvalue weighted by Gasteiger charge is 2.37. The Bertz CT molecular complexity index is 1630. The number of amides is 2. The van der Waals surface area contributed by atoms with Gasteiger partial charge in [0.15, 0.2) is 17.0 Å². The molecule has 2 amide bonds. The summed E-state index contributed by atoms with van der Waals surface area (Å²) >= 11 is 0. The lowest BCUT2D eigenvalue weighted by Gasteiger charge is -2.34. The fourth-order valence-corrected chi connectivity index (χ4v) is 6.49. The second-order valence-corrected chi connectivity index (χ2v) is 20.7. The van der Waals surface area contributed by atoms with Crippen LogP contribution in [0.5, 0.6) is 5.88 Å². The molecule has 5 rings (SSSR count). The normalized spacial score (nSPS) is 18.8. The minimum atomic E-state index is -1.34. The van der Waals surface area contributed by atoms with Crippen molar-refractivity contribution < 1.29 is 28.2 Å². The molecule has 2 saturated heterocycles. The van der Waals surface area contributed by atoms with Gasteiger partial charge in [-0.1, -0.05) is 19.6 Å². The number of alkyl halides is 1. The summed E-state index contributed by atoms with van der Waals surface area (Å²) in [6.07, 6.45) is 2.13. The molecule has 2 atom stereocenters. The van der Waals surface area contributed by atoms with Crippen LogP contribution >= 0.6 is 0 Å². The van der Waals surface area contributed by atoms with Gasteiger partial charge in [0.25, 0.3) is 5.88 Å². The van der Waals surface area contributed by atoms with Crippen molar-refractivity contribution in [1.82, 2.24) is 44.4 Å². The molecule has 2 fully saturated rings. The molecule has 16 nitrogen and oxygen atoms in total. The number of methoxy groups -OCH3 is 1. The van der Waals surface area contributed by atoms with Crippen molar-refractivity contribution in [3.05, 3.63) is 12.5 Å². The van der Waals surface area contributed by atoms with E-state index in [1.807, 2.05) is 17.9 Å². The van der Waals surface area contributed by atoms with E-state index in [4.69, 9.17) is 19.2 Å². The van der Waals surface area contributed by atoms with Crippen LogP contribution in [0.1, 0.15) is 27.2 Å². The number of carbonyl (C=O) groups is 2. The van der Waals surface area contributed by atoms with Crippen LogP contribution in [-0.2, 0) is 23.1 Å². The predicted octanol–water partition coefficient (Wildman–Crippen LogP) is 3.85. The van der Waals surface area contributed by atoms with Gasteiger partial charge in [-0.25, -0.2) is 19.0 Å². The highest BCUT2D eigenvalue weighted by molar-refractivity contribution is 6.76. The zero-order valence-electron chi connectivity index (χ0n) is 30.5. The van der Waals surface area contributed by atoms with Crippen LogP contribution in [0.4, 0.5) is 31.4 Å². The Balaban J connectivity index is 1.18. The number of ether oxygens (including phenoxy) is 3. The van der Waals surface area contributed by atoms with Crippen LogP contribution < -0.4 is 20.3 Å². The molecule has 0 aliphatic carbocycles. The SMILES string of the molecule is COc1nn(CCCN2CCN(C(=O)OCC[Si](C)(C)C)CC2)cc1Nc1nc(N2C[C@@H](F)[C@H](NC(=O)OC(C)(C)C)C2)nc2c1ncn2C. The van der Waals surface area contributed by atoms with E-state index in [1.54, 1.807) is 48.6 Å². The maximum atomic E-state index is 15.1. The molecule has 5 heterocycles. The maximum absolute atomic E-state index is 15.1. The van der Waals surface area contributed by atoms with Gasteiger partial charge in [0.1, 0.15) is 17.5 Å². The first kappa shape index (κ1) is 37.1. The number of imidazole rings is 1. The standard InChI is InChI=1S/C32H52FN11O5Si/c1-32(2,3)49-30(45)36-23-19-43(18-22(23)33)29-37-26(25-27(38-29)40(4)21-34-25)35-24-20-44(39-28(24)47-5)11-9-10-41-12-14-42(15-13-41)31(46)48-16-17-50(6,7)8/h20-23H,9-19H2,1-8H3,(H,36,45)(H,35,37,38)/t22-,23-/m1/s1. The number of hydrogen-bond donors (Lipinski definition) is 2. The fraction of sp³-hybridized carbons (Fsp3) is 0.688. The average molecular weight is 718 g/mol. The first-order valence-electron chi connectivity index (χ1n) is 17.2. The lowest BCUT2D eigenvalue weighted by atomic mass is 10.2. The zero-order valence-corrected chi connectivity index (χ0v) is 31.5. The topological polar surface area (TPSA) is 157 Å². The molecule has 276 valence electrons. The molecule has 0 bridgehead atoms. The number of anilines is 3. The van der Waals surface area contributed by atoms with Crippen molar-refractivity contribution in [2.24, 2.45) is 7.05 Å². The second kappa shape index (κ2) is 15.4. The minimum Gasteiger partial charge on any atom is -0.478 e. The van der Waals surface area contributed by atoms with Gasteiger partial charge in [-0.15, -0.1) is 5.10 Å². The van der Waals surface area contributed by atoms with Crippen molar-refractivity contribution in [3.63, 3.8) is 0 Å². The number of carbonyl (C=O) groups excluding carboxylic acids is 2. The summed E-state index contributed by atoms with van der Waals surface area (Å²) < 4.78 is 35.1. The lowest BCUT2D eigenvalue weighted by molar-refractivity contribution is 0.0490. The number of piperazine rings is 1. The van der Waals surface area contributed by atoms with Crippen LogP contribution in [0, 0.1) is 0 Å². The number of nitrogens with one attached hydrogen (secondary N) is 2. The number of fused-ring (bicyclic) bond motifs is 1. The lowest BCUT2D eigenvalue weighted by Crippen LogP contribution is -2.49. The summed E-state index contributed by atoms with van der Waals surface area (Å²) in [5.74, 6) is 1.10. The van der Waals surface area contributed by atoms with E-state index in [0.29, 0.717) is 60.7 Å². The molecule has 3 aromatic heterocycles. The van der Waals surface area contributed by atoms with Crippen molar-refractivity contribution >= 4 is 48.9 Å². The Kier molecular flexibility index (Phi) is 11.4. The number of alkyl carbamates (subject to hydrolysis) is 1. The molecule has 50 heavy (non-hydrogen) atoms. The van der Waals surface area contributed by atoms with E-state index < -0.39 is 32.0 Å². The number of halogens is 1. The van der Waals surface area contributed by atoms with Crippen molar-refractivity contribution in [3.8, 4) is 5.88 Å². The summed E-state index contributed by atoms with van der Waals surface area (Å²) in [4.78, 5) is 44.5. The van der Waals surface area contributed by atoms with Gasteiger partial charge in [0.05, 0.1) is 38.8 Å². The Hall–Kier alpha value is -4.19. The largest absolute Gasteiger partial charge is 0.478 e. The van der Waals surface area contributed by atoms with Crippen LogP contribution in [-0.4, -0.2) is 137 Å². The molecule has 3 aromatic rings. The molecule has 0 radical (unpaired) electrons. The van der Waals surface area contributed by atoms with E-state index in [-0.39, 0.29) is 19.2 Å². The molecule has 0 spiro atoms. The monoisotopic (exact) mass is 717 g/mol. The second-order valence-electron chi connectivity index (χ2n) is 15.1. The summed E-state index contributed by atoms with van der Waals surface area (Å²) in [6, 6.07) is 0.188. The molecular weight excluding hydrogens is 666 g/mol. The molecule has 18 heteroatoms. The van der Waals surface area contributed by atoms with Crippen molar-refractivity contribution in [2.75, 3.05) is 69.7 Å². The first-order chi connectivity index (χ1) is 23.6. The van der Waals surface area contributed by atoms with Crippen LogP contribution in [0.15, 0.2) is 12.5 Å². The predicted molar refractivity (Wildman–Crippen MR) is 191 cm³/mol. The highest BCUT2D eigenvalue weighted by atomic mass is 28.3. The van der Waals surface area contributed by atoms with E-state index >= 15 is 4.39 Å². The third-order valence-electron chi connectivity index (χ3n) is 8.53. The summed E-state index contributed by atoms with van der Waals surface area (Å²) in [7, 11) is 2.14. The Morgan fingerprint density at radius 1 is 1.08 bits per heavy atom. The summed E-state index contributed by atoms with van der Waals surface area (Å²) in [5.41, 5.74) is 0.991. The summed E-state index contributed by atoms with van der Waals surface area (Å²) in [5, 5.41) is 10.6. The average Bonchev–Trinajstić information content (AvgIpc) is 3.72. The number of aryl methyl sites for hydroxylation is 2. The maximum Gasteiger partial charge on any atom is 0.409 e. The molecule has 0 aromatic carbocycles. The first-order valence-corrected chi connectivity index (χ1v) is 20.9. The zero-order chi connectivity index (χ0) is 36.2. The number of hydrogen-bond acceptors (Lipinski definition) is 12. The molecule has 0 saturated carbocycles. The quantitative estimate of drug-likeness (QED) is 0.262. The van der Waals surface area contributed by atoms with Crippen molar-refractivity contribution in [1.29, 1.82) is 0 Å². The summed E-state index contributed by atoms with van der Waals surface area (Å²) in [6.45, 7) is 17.2. The third-order valence-corrected chi connectivity index (χ3v) is 10.2. The molecule has 2 N–H and O–H groups in total. The van der Waals surface area contributed by atoms with Crippen molar-refractivity contribution in [2.45, 2.75) is 77.2 Å². The van der Waals surface area contributed by atoms with E-state index in [2.05, 4.69) is 50.2 Å². The van der Waals surface area contributed by atoms with Gasteiger partial charge in [0.2, 0.25) is 5.95 Å². The van der Waals surface area contributed by atoms with Crippen LogP contribution in [0.2, 0.25) is 25.7 Å². The van der Waals surface area contributed by atoms with Gasteiger partial charge in [-0.3, -0.25) is 9.58 Å². The molecular formula is C32H52FN11O5Si. The fourth-order valence-electron chi connectivity index (χ4n) is 5.77. The number of nitrogens with zero attached hydrogens (tertiary/aromatic N) is 9. The minimum absolute atomic E-state index is 0.00235. The highest BCUT2D eigenvalue weighted by Crippen LogP contribution is 2.31. The Morgan fingerprint density at radius 2 is 1.82 bits per heavy atom. The van der Waals surface area contributed by atoms with E-state index in [0.717, 1.165) is 32.1 Å². The van der Waals surface area contributed by atoms with Gasteiger partial charge in [0, 0.05) is 60.9 Å². The van der Waals surface area contributed by atoms with Gasteiger partial charge >= 0.3 is 12.2 Å². The third kappa shape index (κ3) is 9.73. The smallest absolute Gasteiger partial charge is 0.409 e. The Morgan fingerprint density at radius 3 is 2.50 bits per heavy atom.